The van der Waals surface area contributed by atoms with E-state index >= 15 is 0 Å². The van der Waals surface area contributed by atoms with Crippen LogP contribution < -0.4 is 20.1 Å². The van der Waals surface area contributed by atoms with E-state index in [0.717, 1.165) is 11.1 Å². The van der Waals surface area contributed by atoms with Gasteiger partial charge in [0.2, 0.25) is 5.91 Å². The predicted octanol–water partition coefficient (Wildman–Crippen LogP) is 2.41. The molecule has 0 atom stereocenters. The number of carbonyl (C=O) groups is 2. The standard InChI is InChI=1S/C19H20N2O4/c1-13-2-5-15(6-3-13)25-12-19(23)20-11-14-4-7-17-16(10-14)21-18(22)8-9-24-17/h2-7,10H,8-9,11-12H2,1H3,(H,20,23)(H,21,22). The fourth-order valence-corrected chi connectivity index (χ4v) is 2.41. The van der Waals surface area contributed by atoms with Crippen LogP contribution in [0.2, 0.25) is 0 Å². The molecule has 0 aliphatic carbocycles. The molecule has 25 heavy (non-hydrogen) atoms. The van der Waals surface area contributed by atoms with Gasteiger partial charge in [0.25, 0.3) is 5.91 Å². The highest BCUT2D eigenvalue weighted by atomic mass is 16.5. The number of carbonyl (C=O) groups excluding carboxylic acids is 2. The number of hydrogen-bond acceptors (Lipinski definition) is 4. The molecule has 2 aromatic rings. The molecule has 2 amide bonds. The Morgan fingerprint density at radius 1 is 1.24 bits per heavy atom. The molecule has 0 bridgehead atoms. The Hall–Kier alpha value is -3.02. The van der Waals surface area contributed by atoms with Crippen LogP contribution in [-0.2, 0) is 16.1 Å². The van der Waals surface area contributed by atoms with Gasteiger partial charge in [-0.2, -0.15) is 0 Å². The van der Waals surface area contributed by atoms with Gasteiger partial charge in [0.05, 0.1) is 18.7 Å². The van der Waals surface area contributed by atoms with Crippen LogP contribution in [0, 0.1) is 6.92 Å². The van der Waals surface area contributed by atoms with E-state index in [9.17, 15) is 9.59 Å². The Morgan fingerprint density at radius 2 is 2.04 bits per heavy atom. The van der Waals surface area contributed by atoms with Crippen LogP contribution in [0.3, 0.4) is 0 Å². The summed E-state index contributed by atoms with van der Waals surface area (Å²) in [6, 6.07) is 13.0. The highest BCUT2D eigenvalue weighted by Gasteiger charge is 2.14. The Balaban J connectivity index is 1.52. The van der Waals surface area contributed by atoms with Gasteiger partial charge in [0.15, 0.2) is 6.61 Å². The SMILES string of the molecule is Cc1ccc(OCC(=O)NCc2ccc3c(c2)NC(=O)CCO3)cc1. The molecule has 2 N–H and O–H groups in total. The minimum Gasteiger partial charge on any atom is -0.491 e. The monoisotopic (exact) mass is 340 g/mol. The molecule has 1 aliphatic heterocycles. The second-order valence-corrected chi connectivity index (χ2v) is 5.86. The summed E-state index contributed by atoms with van der Waals surface area (Å²) in [6.07, 6.45) is 0.330. The number of fused-ring (bicyclic) bond motifs is 1. The van der Waals surface area contributed by atoms with E-state index in [2.05, 4.69) is 10.6 Å². The number of anilines is 1. The Morgan fingerprint density at radius 3 is 2.84 bits per heavy atom. The van der Waals surface area contributed by atoms with Crippen LogP contribution in [0.5, 0.6) is 11.5 Å². The maximum Gasteiger partial charge on any atom is 0.258 e. The lowest BCUT2D eigenvalue weighted by Gasteiger charge is -2.11. The summed E-state index contributed by atoms with van der Waals surface area (Å²) in [5, 5.41) is 5.60. The zero-order valence-corrected chi connectivity index (χ0v) is 14.0. The van der Waals surface area contributed by atoms with Crippen LogP contribution in [-0.4, -0.2) is 25.0 Å². The minimum absolute atomic E-state index is 0.0478. The third kappa shape index (κ3) is 4.73. The molecule has 0 saturated carbocycles. The van der Waals surface area contributed by atoms with Crippen molar-refractivity contribution in [3.63, 3.8) is 0 Å². The van der Waals surface area contributed by atoms with Crippen molar-refractivity contribution in [3.05, 3.63) is 53.6 Å². The normalized spacial score (nSPS) is 13.1. The summed E-state index contributed by atoms with van der Waals surface area (Å²) in [4.78, 5) is 23.5. The van der Waals surface area contributed by atoms with E-state index in [4.69, 9.17) is 9.47 Å². The van der Waals surface area contributed by atoms with Crippen LogP contribution in [0.4, 0.5) is 5.69 Å². The smallest absolute Gasteiger partial charge is 0.258 e. The number of aryl methyl sites for hydroxylation is 1. The van der Waals surface area contributed by atoms with Gasteiger partial charge < -0.3 is 20.1 Å². The molecule has 0 unspecified atom stereocenters. The largest absolute Gasteiger partial charge is 0.491 e. The van der Waals surface area contributed by atoms with Crippen LogP contribution in [0.25, 0.3) is 0 Å². The zero-order chi connectivity index (χ0) is 17.6. The molecule has 0 radical (unpaired) electrons. The van der Waals surface area contributed by atoms with Crippen LogP contribution in [0.15, 0.2) is 42.5 Å². The van der Waals surface area contributed by atoms with Crippen molar-refractivity contribution in [2.75, 3.05) is 18.5 Å². The van der Waals surface area contributed by atoms with Gasteiger partial charge in [0.1, 0.15) is 11.5 Å². The predicted molar refractivity (Wildman–Crippen MR) is 93.7 cm³/mol. The number of ether oxygens (including phenoxy) is 2. The van der Waals surface area contributed by atoms with E-state index < -0.39 is 0 Å². The van der Waals surface area contributed by atoms with Gasteiger partial charge in [0, 0.05) is 6.54 Å². The summed E-state index contributed by atoms with van der Waals surface area (Å²) in [5.41, 5.74) is 2.63. The second kappa shape index (κ2) is 7.70. The lowest BCUT2D eigenvalue weighted by Crippen LogP contribution is -2.28. The summed E-state index contributed by atoms with van der Waals surface area (Å²) >= 11 is 0. The fourth-order valence-electron chi connectivity index (χ4n) is 2.41. The molecule has 0 saturated heterocycles. The highest BCUT2D eigenvalue weighted by molar-refractivity contribution is 5.93. The van der Waals surface area contributed by atoms with E-state index in [0.29, 0.717) is 36.8 Å². The van der Waals surface area contributed by atoms with Crippen molar-refractivity contribution >= 4 is 17.5 Å². The van der Waals surface area contributed by atoms with Gasteiger partial charge in [-0.05, 0) is 36.8 Å². The van der Waals surface area contributed by atoms with E-state index in [-0.39, 0.29) is 18.4 Å². The molecule has 3 rings (SSSR count). The second-order valence-electron chi connectivity index (χ2n) is 5.86. The number of benzene rings is 2. The molecule has 0 spiro atoms. The molecule has 0 aromatic heterocycles. The average molecular weight is 340 g/mol. The van der Waals surface area contributed by atoms with E-state index in [1.807, 2.05) is 37.3 Å². The lowest BCUT2D eigenvalue weighted by molar-refractivity contribution is -0.123. The summed E-state index contributed by atoms with van der Waals surface area (Å²) in [5.74, 6) is 1.01. The molecule has 0 fully saturated rings. The topological polar surface area (TPSA) is 76.7 Å². The average Bonchev–Trinajstić information content (AvgIpc) is 2.79. The summed E-state index contributed by atoms with van der Waals surface area (Å²) in [7, 11) is 0. The van der Waals surface area contributed by atoms with Crippen molar-refractivity contribution in [3.8, 4) is 11.5 Å². The summed E-state index contributed by atoms with van der Waals surface area (Å²) < 4.78 is 10.9. The van der Waals surface area contributed by atoms with Gasteiger partial charge in [-0.25, -0.2) is 0 Å². The van der Waals surface area contributed by atoms with Gasteiger partial charge >= 0.3 is 0 Å². The molecule has 6 nitrogen and oxygen atoms in total. The first-order chi connectivity index (χ1) is 12.1. The zero-order valence-electron chi connectivity index (χ0n) is 14.0. The Kier molecular flexibility index (Phi) is 5.18. The van der Waals surface area contributed by atoms with Crippen molar-refractivity contribution in [2.45, 2.75) is 19.9 Å². The first-order valence-corrected chi connectivity index (χ1v) is 8.12. The number of hydrogen-bond donors (Lipinski definition) is 2. The Bertz CT molecular complexity index is 771. The third-order valence-electron chi connectivity index (χ3n) is 3.79. The van der Waals surface area contributed by atoms with Gasteiger partial charge in [-0.3, -0.25) is 9.59 Å². The summed E-state index contributed by atoms with van der Waals surface area (Å²) in [6.45, 7) is 2.66. The molecule has 130 valence electrons. The maximum absolute atomic E-state index is 11.9. The number of amides is 2. The van der Waals surface area contributed by atoms with Crippen molar-refractivity contribution in [1.82, 2.24) is 5.32 Å². The Labute approximate surface area is 146 Å². The first-order valence-electron chi connectivity index (χ1n) is 8.12. The van der Waals surface area contributed by atoms with Gasteiger partial charge in [-0.15, -0.1) is 0 Å². The van der Waals surface area contributed by atoms with E-state index in [1.54, 1.807) is 12.1 Å². The number of nitrogens with one attached hydrogen (secondary N) is 2. The quantitative estimate of drug-likeness (QED) is 0.876. The van der Waals surface area contributed by atoms with Crippen LogP contribution >= 0.6 is 0 Å². The van der Waals surface area contributed by atoms with Gasteiger partial charge in [-0.1, -0.05) is 23.8 Å². The molecule has 1 heterocycles. The van der Waals surface area contributed by atoms with Crippen molar-refractivity contribution in [2.24, 2.45) is 0 Å². The molecule has 2 aromatic carbocycles. The van der Waals surface area contributed by atoms with Crippen molar-refractivity contribution < 1.29 is 19.1 Å². The fraction of sp³-hybridized carbons (Fsp3) is 0.263. The molecule has 1 aliphatic rings. The first kappa shape index (κ1) is 16.8. The minimum atomic E-state index is -0.212. The van der Waals surface area contributed by atoms with E-state index in [1.165, 1.54) is 0 Å². The molecule has 6 heteroatoms. The highest BCUT2D eigenvalue weighted by Crippen LogP contribution is 2.28. The molecular formula is C19H20N2O4. The van der Waals surface area contributed by atoms with Crippen LogP contribution in [0.1, 0.15) is 17.5 Å². The maximum atomic E-state index is 11.9. The number of rotatable bonds is 5. The molecular weight excluding hydrogens is 320 g/mol. The van der Waals surface area contributed by atoms with Crippen molar-refractivity contribution in [1.29, 1.82) is 0 Å². The third-order valence-corrected chi connectivity index (χ3v) is 3.79. The lowest BCUT2D eigenvalue weighted by atomic mass is 10.2.